The van der Waals surface area contributed by atoms with Crippen molar-refractivity contribution < 1.29 is 4.79 Å². The van der Waals surface area contributed by atoms with Crippen LogP contribution in [0.4, 0.5) is 0 Å². The fourth-order valence-corrected chi connectivity index (χ4v) is 4.43. The molecular formula is C23H24N4OS. The van der Waals surface area contributed by atoms with Gasteiger partial charge in [0.2, 0.25) is 0 Å². The number of para-hydroxylation sites is 1. The number of hydrogen-bond donors (Lipinski definition) is 2. The van der Waals surface area contributed by atoms with Crippen molar-refractivity contribution in [1.82, 2.24) is 20.3 Å². The van der Waals surface area contributed by atoms with Crippen LogP contribution in [0.5, 0.6) is 0 Å². The number of carbonyl (C=O) groups excluding carboxylic acids is 1. The van der Waals surface area contributed by atoms with Gasteiger partial charge in [-0.1, -0.05) is 30.4 Å². The number of hydrogen-bond acceptors (Lipinski definition) is 4. The zero-order chi connectivity index (χ0) is 20.5. The highest BCUT2D eigenvalue weighted by Crippen LogP contribution is 2.34. The molecule has 0 radical (unpaired) electrons. The number of rotatable bonds is 6. The van der Waals surface area contributed by atoms with E-state index in [1.807, 2.05) is 44.2 Å². The largest absolute Gasteiger partial charge is 0.357 e. The maximum atomic E-state index is 12.4. The Kier molecular flexibility index (Phi) is 5.28. The van der Waals surface area contributed by atoms with Gasteiger partial charge >= 0.3 is 0 Å². The summed E-state index contributed by atoms with van der Waals surface area (Å²) in [6.45, 7) is 12.4. The molecule has 0 unspecified atom stereocenters. The van der Waals surface area contributed by atoms with Crippen molar-refractivity contribution in [2.75, 3.05) is 12.3 Å². The molecule has 4 rings (SSSR count). The smallest absolute Gasteiger partial charge is 0.253 e. The predicted molar refractivity (Wildman–Crippen MR) is 119 cm³/mol. The van der Waals surface area contributed by atoms with Crippen LogP contribution in [0, 0.1) is 6.92 Å². The van der Waals surface area contributed by atoms with Gasteiger partial charge in [0.1, 0.15) is 5.03 Å². The minimum absolute atomic E-state index is 0.0392. The second-order valence-corrected chi connectivity index (χ2v) is 8.44. The van der Waals surface area contributed by atoms with Gasteiger partial charge in [-0.2, -0.15) is 0 Å². The van der Waals surface area contributed by atoms with Crippen LogP contribution in [-0.4, -0.2) is 33.2 Å². The molecule has 0 spiro atoms. The first kappa shape index (κ1) is 19.5. The molecule has 0 fully saturated rings. The van der Waals surface area contributed by atoms with Gasteiger partial charge in [0.15, 0.2) is 0 Å². The molecule has 3 aromatic rings. The molecule has 0 saturated carbocycles. The van der Waals surface area contributed by atoms with Crippen molar-refractivity contribution in [3.63, 3.8) is 0 Å². The Labute approximate surface area is 174 Å². The van der Waals surface area contributed by atoms with Crippen LogP contribution in [0.3, 0.4) is 0 Å². The van der Waals surface area contributed by atoms with Crippen LogP contribution in [0.15, 0.2) is 54.1 Å². The van der Waals surface area contributed by atoms with E-state index < -0.39 is 0 Å². The standard InChI is InChI=1S/C23H24N4OS/c1-5-7-15-11-24-22(28)17-10-19(26-20(15)17)16-8-6-9-18-21(16)27-23(14(4)25-18)29-12-13(2)3/h5-6,8-10,15,26H,1-2,7,11-12H2,3-4H3,(H,24,28)/t15-/m0/s1. The molecule has 148 valence electrons. The molecule has 6 heteroatoms. The normalized spacial score (nSPS) is 15.8. The number of H-pyrrole nitrogens is 1. The lowest BCUT2D eigenvalue weighted by Gasteiger charge is -2.21. The van der Waals surface area contributed by atoms with Gasteiger partial charge in [0.05, 0.1) is 22.3 Å². The summed E-state index contributed by atoms with van der Waals surface area (Å²) in [6.07, 6.45) is 2.70. The molecule has 0 bridgehead atoms. The van der Waals surface area contributed by atoms with Crippen LogP contribution >= 0.6 is 11.8 Å². The molecule has 1 atom stereocenters. The van der Waals surface area contributed by atoms with Gasteiger partial charge in [-0.25, -0.2) is 9.97 Å². The van der Waals surface area contributed by atoms with Gasteiger partial charge in [0, 0.05) is 35.2 Å². The van der Waals surface area contributed by atoms with Crippen LogP contribution in [-0.2, 0) is 0 Å². The molecule has 1 aliphatic heterocycles. The number of nitrogens with zero attached hydrogens (tertiary/aromatic N) is 2. The summed E-state index contributed by atoms with van der Waals surface area (Å²) < 4.78 is 0. The first-order chi connectivity index (χ1) is 14.0. The maximum absolute atomic E-state index is 12.4. The number of fused-ring (bicyclic) bond motifs is 2. The van der Waals surface area contributed by atoms with E-state index in [0.29, 0.717) is 12.1 Å². The molecule has 1 amide bonds. The summed E-state index contributed by atoms with van der Waals surface area (Å²) in [4.78, 5) is 25.6. The van der Waals surface area contributed by atoms with Gasteiger partial charge < -0.3 is 10.3 Å². The van der Waals surface area contributed by atoms with Crippen molar-refractivity contribution in [1.29, 1.82) is 0 Å². The minimum atomic E-state index is -0.0392. The Morgan fingerprint density at radius 2 is 2.17 bits per heavy atom. The van der Waals surface area contributed by atoms with Crippen molar-refractivity contribution in [2.45, 2.75) is 31.2 Å². The van der Waals surface area contributed by atoms with E-state index in [-0.39, 0.29) is 11.8 Å². The molecule has 1 aromatic carbocycles. The van der Waals surface area contributed by atoms with Gasteiger partial charge in [-0.15, -0.1) is 18.3 Å². The monoisotopic (exact) mass is 404 g/mol. The number of benzene rings is 1. The average molecular weight is 405 g/mol. The van der Waals surface area contributed by atoms with E-state index in [2.05, 4.69) is 23.5 Å². The summed E-state index contributed by atoms with van der Waals surface area (Å²) in [5.41, 5.74) is 7.20. The summed E-state index contributed by atoms with van der Waals surface area (Å²) in [7, 11) is 0. The van der Waals surface area contributed by atoms with Crippen LogP contribution < -0.4 is 5.32 Å². The lowest BCUT2D eigenvalue weighted by atomic mass is 9.94. The Morgan fingerprint density at radius 1 is 1.34 bits per heavy atom. The van der Waals surface area contributed by atoms with E-state index >= 15 is 0 Å². The van der Waals surface area contributed by atoms with E-state index in [9.17, 15) is 4.79 Å². The fourth-order valence-electron chi connectivity index (χ4n) is 3.64. The number of aryl methyl sites for hydroxylation is 1. The number of nitrogens with one attached hydrogen (secondary N) is 2. The second-order valence-electron chi connectivity index (χ2n) is 7.47. The van der Waals surface area contributed by atoms with E-state index in [1.54, 1.807) is 11.8 Å². The zero-order valence-electron chi connectivity index (χ0n) is 16.7. The van der Waals surface area contributed by atoms with Gasteiger partial charge in [-0.05, 0) is 32.4 Å². The molecule has 5 nitrogen and oxygen atoms in total. The van der Waals surface area contributed by atoms with Gasteiger partial charge in [-0.3, -0.25) is 4.79 Å². The van der Waals surface area contributed by atoms with Crippen LogP contribution in [0.2, 0.25) is 0 Å². The lowest BCUT2D eigenvalue weighted by Crippen LogP contribution is -2.34. The molecule has 29 heavy (non-hydrogen) atoms. The molecule has 2 aromatic heterocycles. The summed E-state index contributed by atoms with van der Waals surface area (Å²) in [5, 5.41) is 3.88. The third-order valence-electron chi connectivity index (χ3n) is 5.03. The third kappa shape index (κ3) is 3.72. The number of carbonyl (C=O) groups is 1. The van der Waals surface area contributed by atoms with E-state index in [1.165, 1.54) is 0 Å². The molecule has 1 aliphatic rings. The first-order valence-corrected chi connectivity index (χ1v) is 10.6. The van der Waals surface area contributed by atoms with E-state index in [0.717, 1.165) is 56.5 Å². The summed E-state index contributed by atoms with van der Waals surface area (Å²) in [5.74, 6) is 0.977. The Bertz CT molecular complexity index is 1130. The lowest BCUT2D eigenvalue weighted by molar-refractivity contribution is 0.0940. The Hall–Kier alpha value is -2.86. The second kappa shape index (κ2) is 7.87. The number of aromatic nitrogens is 3. The number of thioether (sulfide) groups is 1. The maximum Gasteiger partial charge on any atom is 0.253 e. The topological polar surface area (TPSA) is 70.7 Å². The number of amides is 1. The quantitative estimate of drug-likeness (QED) is 0.448. The zero-order valence-corrected chi connectivity index (χ0v) is 17.5. The first-order valence-electron chi connectivity index (χ1n) is 9.65. The van der Waals surface area contributed by atoms with Crippen molar-refractivity contribution >= 4 is 28.7 Å². The van der Waals surface area contributed by atoms with Crippen molar-refractivity contribution in [2.24, 2.45) is 0 Å². The average Bonchev–Trinajstić information content (AvgIpc) is 3.14. The SMILES string of the molecule is C=CC[C@H]1CNC(=O)c2cc(-c3cccc4nc(C)c(SCC(=C)C)nc34)[nH]c21. The number of aromatic amines is 1. The fraction of sp³-hybridized carbons (Fsp3) is 0.261. The highest BCUT2D eigenvalue weighted by molar-refractivity contribution is 7.99. The highest BCUT2D eigenvalue weighted by Gasteiger charge is 2.27. The third-order valence-corrected chi connectivity index (χ3v) is 6.33. The van der Waals surface area contributed by atoms with Crippen molar-refractivity contribution in [3.05, 3.63) is 66.0 Å². The van der Waals surface area contributed by atoms with Gasteiger partial charge in [0.25, 0.3) is 5.91 Å². The molecule has 2 N–H and O–H groups in total. The minimum Gasteiger partial charge on any atom is -0.357 e. The van der Waals surface area contributed by atoms with E-state index in [4.69, 9.17) is 9.97 Å². The highest BCUT2D eigenvalue weighted by atomic mass is 32.2. The van der Waals surface area contributed by atoms with Crippen LogP contribution in [0.25, 0.3) is 22.3 Å². The Morgan fingerprint density at radius 3 is 2.93 bits per heavy atom. The summed E-state index contributed by atoms with van der Waals surface area (Å²) in [6, 6.07) is 7.91. The van der Waals surface area contributed by atoms with Crippen LogP contribution in [0.1, 0.15) is 41.0 Å². The summed E-state index contributed by atoms with van der Waals surface area (Å²) >= 11 is 1.65. The Balaban J connectivity index is 1.83. The number of allylic oxidation sites excluding steroid dienone is 1. The molecule has 3 heterocycles. The molecule has 0 aliphatic carbocycles. The molecule has 0 saturated heterocycles. The molecular weight excluding hydrogens is 380 g/mol. The van der Waals surface area contributed by atoms with Crippen molar-refractivity contribution in [3.8, 4) is 11.3 Å². The predicted octanol–water partition coefficient (Wildman–Crippen LogP) is 5.00.